The Morgan fingerprint density at radius 2 is 1.53 bits per heavy atom. The molecule has 98 valence electrons. The van der Waals surface area contributed by atoms with Crippen molar-refractivity contribution in [3.63, 3.8) is 0 Å². The fourth-order valence-electron chi connectivity index (χ4n) is 1.93. The highest BCUT2D eigenvalue weighted by Gasteiger charge is 2.07. The maximum absolute atomic E-state index is 11.8. The number of benzene rings is 2. The first-order valence-corrected chi connectivity index (χ1v) is 6.59. The molecule has 0 aliphatic carbocycles. The Hall–Kier alpha value is -2.09. The summed E-state index contributed by atoms with van der Waals surface area (Å²) in [6, 6.07) is 18.5. The van der Waals surface area contributed by atoms with E-state index in [1.54, 1.807) is 4.90 Å². The maximum Gasteiger partial charge on any atom is 0.226 e. The van der Waals surface area contributed by atoms with Gasteiger partial charge in [0.05, 0.1) is 6.42 Å². The van der Waals surface area contributed by atoms with Crippen molar-refractivity contribution in [2.75, 3.05) is 13.6 Å². The first kappa shape index (κ1) is 13.3. The predicted molar refractivity (Wildman–Crippen MR) is 78.9 cm³/mol. The van der Waals surface area contributed by atoms with E-state index in [4.69, 9.17) is 0 Å². The second-order valence-electron chi connectivity index (χ2n) is 4.65. The molecule has 2 aromatic rings. The molecule has 0 aliphatic heterocycles. The summed E-state index contributed by atoms with van der Waals surface area (Å²) in [6.07, 6.45) is 0.472. The first-order valence-electron chi connectivity index (χ1n) is 6.59. The van der Waals surface area contributed by atoms with Gasteiger partial charge in [0.25, 0.3) is 0 Å². The van der Waals surface area contributed by atoms with Crippen molar-refractivity contribution < 1.29 is 4.79 Å². The average Bonchev–Trinajstić information content (AvgIpc) is 2.48. The minimum Gasteiger partial charge on any atom is -0.346 e. The number of hydrogen-bond acceptors (Lipinski definition) is 1. The lowest BCUT2D eigenvalue weighted by Crippen LogP contribution is -2.27. The van der Waals surface area contributed by atoms with Gasteiger partial charge in [-0.25, -0.2) is 0 Å². The molecule has 0 unspecified atom stereocenters. The molecular weight excluding hydrogens is 234 g/mol. The summed E-state index contributed by atoms with van der Waals surface area (Å²) in [4.78, 5) is 13.6. The summed E-state index contributed by atoms with van der Waals surface area (Å²) in [5.41, 5.74) is 3.44. The van der Waals surface area contributed by atoms with Crippen LogP contribution in [-0.2, 0) is 11.2 Å². The third kappa shape index (κ3) is 3.44. The van der Waals surface area contributed by atoms with Gasteiger partial charge in [-0.1, -0.05) is 54.6 Å². The van der Waals surface area contributed by atoms with Crippen molar-refractivity contribution in [2.45, 2.75) is 13.3 Å². The number of amides is 1. The standard InChI is InChI=1S/C17H19NO/c1-3-18(2)17(19)13-14-9-11-16(12-10-14)15-7-5-4-6-8-15/h4-12H,3,13H2,1-2H3. The number of likely N-dealkylation sites (N-methyl/N-ethyl adjacent to an activating group) is 1. The van der Waals surface area contributed by atoms with Gasteiger partial charge < -0.3 is 4.90 Å². The zero-order valence-electron chi connectivity index (χ0n) is 11.5. The molecule has 2 nitrogen and oxygen atoms in total. The molecule has 0 heterocycles. The molecule has 2 heteroatoms. The Morgan fingerprint density at radius 1 is 0.947 bits per heavy atom. The number of hydrogen-bond donors (Lipinski definition) is 0. The third-order valence-corrected chi connectivity index (χ3v) is 3.32. The van der Waals surface area contributed by atoms with Crippen LogP contribution in [-0.4, -0.2) is 24.4 Å². The van der Waals surface area contributed by atoms with Gasteiger partial charge in [0.2, 0.25) is 5.91 Å². The minimum absolute atomic E-state index is 0.162. The van der Waals surface area contributed by atoms with E-state index in [1.165, 1.54) is 11.1 Å². The second-order valence-corrected chi connectivity index (χ2v) is 4.65. The molecule has 0 spiro atoms. The summed E-state index contributed by atoms with van der Waals surface area (Å²) < 4.78 is 0. The predicted octanol–water partition coefficient (Wildman–Crippen LogP) is 3.37. The lowest BCUT2D eigenvalue weighted by molar-refractivity contribution is -0.128. The van der Waals surface area contributed by atoms with Crippen LogP contribution >= 0.6 is 0 Å². The van der Waals surface area contributed by atoms with E-state index < -0.39 is 0 Å². The SMILES string of the molecule is CCN(C)C(=O)Cc1ccc(-c2ccccc2)cc1. The summed E-state index contributed by atoms with van der Waals surface area (Å²) in [7, 11) is 1.83. The van der Waals surface area contributed by atoms with Crippen molar-refractivity contribution in [3.05, 3.63) is 60.2 Å². The van der Waals surface area contributed by atoms with Gasteiger partial charge in [-0.05, 0) is 23.6 Å². The van der Waals surface area contributed by atoms with Gasteiger partial charge >= 0.3 is 0 Å². The largest absolute Gasteiger partial charge is 0.346 e. The normalized spacial score (nSPS) is 10.2. The zero-order chi connectivity index (χ0) is 13.7. The number of carbonyl (C=O) groups is 1. The van der Waals surface area contributed by atoms with Gasteiger partial charge in [-0.15, -0.1) is 0 Å². The molecular formula is C17H19NO. The van der Waals surface area contributed by atoms with Crippen LogP contribution in [0.2, 0.25) is 0 Å². The number of rotatable bonds is 4. The van der Waals surface area contributed by atoms with Crippen LogP contribution in [0.25, 0.3) is 11.1 Å². The quantitative estimate of drug-likeness (QED) is 0.818. The summed E-state index contributed by atoms with van der Waals surface area (Å²) in [5, 5.41) is 0. The van der Waals surface area contributed by atoms with E-state index in [1.807, 2.05) is 44.3 Å². The Morgan fingerprint density at radius 3 is 2.11 bits per heavy atom. The monoisotopic (exact) mass is 253 g/mol. The van der Waals surface area contributed by atoms with Gasteiger partial charge in [0.1, 0.15) is 0 Å². The van der Waals surface area contributed by atoms with E-state index >= 15 is 0 Å². The molecule has 0 atom stereocenters. The van der Waals surface area contributed by atoms with Crippen LogP contribution in [0.4, 0.5) is 0 Å². The van der Waals surface area contributed by atoms with Crippen LogP contribution in [0.1, 0.15) is 12.5 Å². The molecule has 0 saturated carbocycles. The Bertz CT molecular complexity index is 531. The van der Waals surface area contributed by atoms with Gasteiger partial charge in [-0.3, -0.25) is 4.79 Å². The molecule has 0 radical (unpaired) electrons. The first-order chi connectivity index (χ1) is 9.20. The van der Waals surface area contributed by atoms with Gasteiger partial charge in [0.15, 0.2) is 0 Å². The summed E-state index contributed by atoms with van der Waals surface area (Å²) >= 11 is 0. The van der Waals surface area contributed by atoms with Gasteiger partial charge in [0, 0.05) is 13.6 Å². The molecule has 0 N–H and O–H groups in total. The maximum atomic E-state index is 11.8. The highest BCUT2D eigenvalue weighted by atomic mass is 16.2. The molecule has 0 fully saturated rings. The highest BCUT2D eigenvalue weighted by molar-refractivity contribution is 5.78. The summed E-state index contributed by atoms with van der Waals surface area (Å²) in [6.45, 7) is 2.73. The summed E-state index contributed by atoms with van der Waals surface area (Å²) in [5.74, 6) is 0.162. The second kappa shape index (κ2) is 6.19. The van der Waals surface area contributed by atoms with E-state index in [-0.39, 0.29) is 5.91 Å². The molecule has 0 saturated heterocycles. The number of nitrogens with zero attached hydrogens (tertiary/aromatic N) is 1. The Kier molecular flexibility index (Phi) is 4.35. The van der Waals surface area contributed by atoms with E-state index in [2.05, 4.69) is 24.3 Å². The fraction of sp³-hybridized carbons (Fsp3) is 0.235. The van der Waals surface area contributed by atoms with E-state index in [0.717, 1.165) is 12.1 Å². The highest BCUT2D eigenvalue weighted by Crippen LogP contribution is 2.19. The minimum atomic E-state index is 0.162. The van der Waals surface area contributed by atoms with Crippen molar-refractivity contribution in [1.29, 1.82) is 0 Å². The molecule has 19 heavy (non-hydrogen) atoms. The van der Waals surface area contributed by atoms with E-state index in [9.17, 15) is 4.79 Å². The molecule has 2 aromatic carbocycles. The fourth-order valence-corrected chi connectivity index (χ4v) is 1.93. The van der Waals surface area contributed by atoms with Crippen molar-refractivity contribution in [1.82, 2.24) is 4.90 Å². The molecule has 0 aliphatic rings. The van der Waals surface area contributed by atoms with E-state index in [0.29, 0.717) is 6.42 Å². The third-order valence-electron chi connectivity index (χ3n) is 3.32. The Labute approximate surface area is 114 Å². The molecule has 0 aromatic heterocycles. The molecule has 1 amide bonds. The zero-order valence-corrected chi connectivity index (χ0v) is 11.5. The smallest absolute Gasteiger partial charge is 0.226 e. The number of carbonyl (C=O) groups excluding carboxylic acids is 1. The lowest BCUT2D eigenvalue weighted by atomic mass is 10.0. The molecule has 0 bridgehead atoms. The molecule has 2 rings (SSSR count). The van der Waals surface area contributed by atoms with Crippen LogP contribution in [0.15, 0.2) is 54.6 Å². The Balaban J connectivity index is 2.09. The average molecular weight is 253 g/mol. The van der Waals surface area contributed by atoms with Crippen LogP contribution < -0.4 is 0 Å². The van der Waals surface area contributed by atoms with Crippen molar-refractivity contribution in [2.24, 2.45) is 0 Å². The van der Waals surface area contributed by atoms with Gasteiger partial charge in [-0.2, -0.15) is 0 Å². The van der Waals surface area contributed by atoms with Crippen LogP contribution in [0, 0.1) is 0 Å². The van der Waals surface area contributed by atoms with Crippen molar-refractivity contribution in [3.8, 4) is 11.1 Å². The van der Waals surface area contributed by atoms with Crippen molar-refractivity contribution >= 4 is 5.91 Å². The van der Waals surface area contributed by atoms with Crippen LogP contribution in [0.3, 0.4) is 0 Å². The topological polar surface area (TPSA) is 20.3 Å². The van der Waals surface area contributed by atoms with Crippen LogP contribution in [0.5, 0.6) is 0 Å². The lowest BCUT2D eigenvalue weighted by Gasteiger charge is -2.14.